The van der Waals surface area contributed by atoms with Crippen LogP contribution in [0.1, 0.15) is 28.2 Å². The molecule has 0 aliphatic carbocycles. The molecule has 0 fully saturated rings. The number of aryl methyl sites for hydroxylation is 3. The number of ether oxygens (including phenoxy) is 1. The average Bonchev–Trinajstić information content (AvgIpc) is 3.15. The first-order chi connectivity index (χ1) is 16.3. The van der Waals surface area contributed by atoms with E-state index < -0.39 is 0 Å². The predicted molar refractivity (Wildman–Crippen MR) is 132 cm³/mol. The summed E-state index contributed by atoms with van der Waals surface area (Å²) in [6, 6.07) is 9.36. The Labute approximate surface area is 201 Å². The van der Waals surface area contributed by atoms with E-state index in [4.69, 9.17) is 4.74 Å². The van der Waals surface area contributed by atoms with Crippen LogP contribution in [-0.4, -0.2) is 42.9 Å². The van der Waals surface area contributed by atoms with Crippen molar-refractivity contribution in [2.75, 3.05) is 18.2 Å². The molecule has 0 saturated heterocycles. The van der Waals surface area contributed by atoms with Gasteiger partial charge in [0.1, 0.15) is 17.2 Å². The van der Waals surface area contributed by atoms with Crippen LogP contribution in [0.2, 0.25) is 0 Å². The van der Waals surface area contributed by atoms with Crippen molar-refractivity contribution in [3.63, 3.8) is 0 Å². The molecule has 0 atom stereocenters. The number of hydrogen-bond donors (Lipinski definition) is 1. The van der Waals surface area contributed by atoms with Gasteiger partial charge >= 0.3 is 0 Å². The van der Waals surface area contributed by atoms with E-state index in [1.54, 1.807) is 22.3 Å². The first-order valence-corrected chi connectivity index (χ1v) is 11.7. The number of hydrogen-bond acceptors (Lipinski definition) is 7. The number of thioether (sulfide) groups is 1. The minimum absolute atomic E-state index is 0.116. The minimum atomic E-state index is -0.179. The van der Waals surface area contributed by atoms with Gasteiger partial charge in [0.15, 0.2) is 5.16 Å². The molecule has 4 rings (SSSR count). The van der Waals surface area contributed by atoms with Gasteiger partial charge in [-0.05, 0) is 50.1 Å². The zero-order chi connectivity index (χ0) is 24.4. The molecule has 0 aliphatic heterocycles. The molecule has 176 valence electrons. The molecule has 9 nitrogen and oxygen atoms in total. The zero-order valence-corrected chi connectivity index (χ0v) is 20.6. The largest absolute Gasteiger partial charge is 0.495 e. The van der Waals surface area contributed by atoms with Crippen molar-refractivity contribution in [3.8, 4) is 5.75 Å². The van der Waals surface area contributed by atoms with Crippen LogP contribution in [0.25, 0.3) is 5.65 Å². The van der Waals surface area contributed by atoms with Gasteiger partial charge in [-0.3, -0.25) is 14.0 Å². The van der Waals surface area contributed by atoms with E-state index in [0.29, 0.717) is 45.7 Å². The first kappa shape index (κ1) is 23.5. The summed E-state index contributed by atoms with van der Waals surface area (Å²) in [6.07, 6.45) is 2.02. The lowest BCUT2D eigenvalue weighted by Gasteiger charge is -2.11. The third-order valence-corrected chi connectivity index (χ3v) is 6.59. The summed E-state index contributed by atoms with van der Waals surface area (Å²) in [5.74, 6) is 1.20. The van der Waals surface area contributed by atoms with Gasteiger partial charge in [0.2, 0.25) is 5.91 Å². The highest BCUT2D eigenvalue weighted by molar-refractivity contribution is 7.99. The van der Waals surface area contributed by atoms with Crippen LogP contribution in [0, 0.1) is 20.8 Å². The number of anilines is 1. The van der Waals surface area contributed by atoms with Crippen LogP contribution in [0.3, 0.4) is 0 Å². The monoisotopic (exact) mass is 478 g/mol. The molecular weight excluding hydrogens is 452 g/mol. The maximum absolute atomic E-state index is 13.1. The molecule has 0 aliphatic rings. The Morgan fingerprint density at radius 2 is 1.97 bits per heavy atom. The highest BCUT2D eigenvalue weighted by Crippen LogP contribution is 2.26. The number of benzene rings is 1. The normalized spacial score (nSPS) is 11.1. The lowest BCUT2D eigenvalue weighted by Crippen LogP contribution is -2.23. The van der Waals surface area contributed by atoms with Crippen molar-refractivity contribution in [1.82, 2.24) is 24.1 Å². The van der Waals surface area contributed by atoms with Crippen molar-refractivity contribution in [2.24, 2.45) is 7.05 Å². The summed E-state index contributed by atoms with van der Waals surface area (Å²) in [7, 11) is 3.39. The lowest BCUT2D eigenvalue weighted by atomic mass is 10.1. The Kier molecular flexibility index (Phi) is 6.69. The number of pyridine rings is 1. The summed E-state index contributed by atoms with van der Waals surface area (Å²) >= 11 is 1.27. The van der Waals surface area contributed by atoms with Crippen molar-refractivity contribution >= 4 is 29.0 Å². The number of methoxy groups -OCH3 is 1. The molecule has 0 saturated carbocycles. The molecule has 1 N–H and O–H groups in total. The van der Waals surface area contributed by atoms with Crippen LogP contribution in [0.5, 0.6) is 5.75 Å². The van der Waals surface area contributed by atoms with Crippen molar-refractivity contribution in [1.29, 1.82) is 0 Å². The van der Waals surface area contributed by atoms with Gasteiger partial charge in [-0.1, -0.05) is 23.9 Å². The van der Waals surface area contributed by atoms with Gasteiger partial charge in [0.05, 0.1) is 18.6 Å². The predicted octanol–water partition coefficient (Wildman–Crippen LogP) is 3.08. The molecule has 10 heteroatoms. The highest BCUT2D eigenvalue weighted by Gasteiger charge is 2.17. The maximum Gasteiger partial charge on any atom is 0.261 e. The summed E-state index contributed by atoms with van der Waals surface area (Å²) in [5, 5.41) is 11.9. The Balaban J connectivity index is 1.48. The molecule has 0 radical (unpaired) electrons. The fraction of sp³-hybridized carbons (Fsp3) is 0.292. The molecular formula is C24H26N6O3S. The number of rotatable bonds is 7. The molecule has 0 spiro atoms. The van der Waals surface area contributed by atoms with Gasteiger partial charge in [-0.2, -0.15) is 0 Å². The van der Waals surface area contributed by atoms with Crippen LogP contribution in [-0.2, 0) is 18.3 Å². The number of amides is 1. The lowest BCUT2D eigenvalue weighted by molar-refractivity contribution is -0.113. The van der Waals surface area contributed by atoms with Crippen molar-refractivity contribution in [3.05, 3.63) is 75.1 Å². The fourth-order valence-corrected chi connectivity index (χ4v) is 4.39. The number of fused-ring (bicyclic) bond motifs is 1. The highest BCUT2D eigenvalue weighted by atomic mass is 32.2. The summed E-state index contributed by atoms with van der Waals surface area (Å²) in [5.41, 5.74) is 4.36. The van der Waals surface area contributed by atoms with E-state index in [-0.39, 0.29) is 17.2 Å². The van der Waals surface area contributed by atoms with E-state index >= 15 is 0 Å². The molecule has 1 amide bonds. The number of nitrogens with one attached hydrogen (secondary N) is 1. The summed E-state index contributed by atoms with van der Waals surface area (Å²) in [6.45, 7) is 5.71. The smallest absolute Gasteiger partial charge is 0.261 e. The van der Waals surface area contributed by atoms with Crippen LogP contribution >= 0.6 is 11.8 Å². The van der Waals surface area contributed by atoms with Gasteiger partial charge < -0.3 is 14.6 Å². The second-order valence-electron chi connectivity index (χ2n) is 8.04. The molecule has 4 aromatic rings. The number of aromatic nitrogens is 5. The van der Waals surface area contributed by atoms with Gasteiger partial charge in [0.25, 0.3) is 5.56 Å². The van der Waals surface area contributed by atoms with Crippen LogP contribution in [0.15, 0.2) is 46.5 Å². The third-order valence-electron chi connectivity index (χ3n) is 5.57. The second kappa shape index (κ2) is 9.68. The number of carbonyl (C=O) groups is 1. The Morgan fingerprint density at radius 3 is 2.74 bits per heavy atom. The van der Waals surface area contributed by atoms with Crippen LogP contribution < -0.4 is 15.6 Å². The van der Waals surface area contributed by atoms with Gasteiger partial charge in [-0.15, -0.1) is 10.2 Å². The Bertz CT molecular complexity index is 1440. The quantitative estimate of drug-likeness (QED) is 0.407. The van der Waals surface area contributed by atoms with Crippen LogP contribution in [0.4, 0.5) is 5.69 Å². The Morgan fingerprint density at radius 1 is 1.18 bits per heavy atom. The number of carbonyl (C=O) groups excluding carboxylic acids is 1. The molecule has 3 aromatic heterocycles. The summed E-state index contributed by atoms with van der Waals surface area (Å²) in [4.78, 5) is 30.2. The Hall–Kier alpha value is -3.66. The molecule has 0 unspecified atom stereocenters. The minimum Gasteiger partial charge on any atom is -0.495 e. The molecule has 34 heavy (non-hydrogen) atoms. The maximum atomic E-state index is 13.1. The van der Waals surface area contributed by atoms with E-state index in [9.17, 15) is 9.59 Å². The SMILES string of the molecule is COc1ccc(C)cc1NC(=O)CSc1nnc(Cc2c(C)nc3c(C)cccn3c2=O)n1C. The van der Waals surface area contributed by atoms with E-state index in [1.807, 2.05) is 58.2 Å². The molecule has 0 bridgehead atoms. The summed E-state index contributed by atoms with van der Waals surface area (Å²) < 4.78 is 8.68. The first-order valence-electron chi connectivity index (χ1n) is 10.7. The molecule has 3 heterocycles. The van der Waals surface area contributed by atoms with E-state index in [1.165, 1.54) is 11.8 Å². The van der Waals surface area contributed by atoms with E-state index in [0.717, 1.165) is 11.1 Å². The van der Waals surface area contributed by atoms with E-state index in [2.05, 4.69) is 20.5 Å². The topological polar surface area (TPSA) is 103 Å². The zero-order valence-electron chi connectivity index (χ0n) is 19.7. The third kappa shape index (κ3) is 4.67. The molecule has 1 aromatic carbocycles. The fourth-order valence-electron chi connectivity index (χ4n) is 3.66. The van der Waals surface area contributed by atoms with Gasteiger partial charge in [0, 0.05) is 30.9 Å². The number of nitrogens with zero attached hydrogens (tertiary/aromatic N) is 5. The second-order valence-corrected chi connectivity index (χ2v) is 8.98. The van der Waals surface area contributed by atoms with Gasteiger partial charge in [-0.25, -0.2) is 4.98 Å². The van der Waals surface area contributed by atoms with Crippen molar-refractivity contribution in [2.45, 2.75) is 32.3 Å². The average molecular weight is 479 g/mol. The standard InChI is InChI=1S/C24H26N6O3S/c1-14-8-9-19(33-5)18(11-14)26-21(31)13-34-24-28-27-20(29(24)4)12-17-16(3)25-22-15(2)7-6-10-30(22)23(17)32/h6-11H,12-13H2,1-5H3,(H,26,31). The van der Waals surface area contributed by atoms with Crippen molar-refractivity contribution < 1.29 is 9.53 Å².